The van der Waals surface area contributed by atoms with Gasteiger partial charge in [-0.2, -0.15) is 13.2 Å². The fourth-order valence-corrected chi connectivity index (χ4v) is 3.86. The molecule has 1 aliphatic rings. The van der Waals surface area contributed by atoms with Crippen molar-refractivity contribution in [2.75, 3.05) is 12.4 Å². The van der Waals surface area contributed by atoms with E-state index in [0.717, 1.165) is 7.11 Å². The van der Waals surface area contributed by atoms with Crippen LogP contribution >= 0.6 is 0 Å². The van der Waals surface area contributed by atoms with Gasteiger partial charge in [-0.1, -0.05) is 32.9 Å². The minimum atomic E-state index is -4.95. The van der Waals surface area contributed by atoms with E-state index in [1.165, 1.54) is 24.3 Å². The number of alkyl halides is 3. The van der Waals surface area contributed by atoms with Crippen molar-refractivity contribution in [2.24, 2.45) is 0 Å². The number of ether oxygens (including phenoxy) is 1. The van der Waals surface area contributed by atoms with E-state index < -0.39 is 47.3 Å². The third kappa shape index (κ3) is 5.06. The standard InChI is InChI=1S/C23H26F4N2O4/c1-22(2,3)11-8-14(20(31)23(25,26)27)19(33-4)17(9-11)29-21(32)28-16-10-13-12(18(16)30)6-5-7-15(13)24/h5-9,16,18,20,30-31H,10H2,1-4H3,(H2,28,29,32)/t16-,18+,20+/m1/s1. The highest BCUT2D eigenvalue weighted by Crippen LogP contribution is 2.43. The van der Waals surface area contributed by atoms with Crippen LogP contribution in [0.5, 0.6) is 5.75 Å². The molecule has 0 radical (unpaired) electrons. The summed E-state index contributed by atoms with van der Waals surface area (Å²) in [5, 5.41) is 25.3. The summed E-state index contributed by atoms with van der Waals surface area (Å²) in [6, 6.07) is 5.26. The lowest BCUT2D eigenvalue weighted by Crippen LogP contribution is -2.40. The van der Waals surface area contributed by atoms with Crippen LogP contribution in [0.4, 0.5) is 28.0 Å². The number of urea groups is 1. The Morgan fingerprint density at radius 2 is 1.88 bits per heavy atom. The summed E-state index contributed by atoms with van der Waals surface area (Å²) in [5.41, 5.74) is -0.159. The van der Waals surface area contributed by atoms with E-state index in [0.29, 0.717) is 11.1 Å². The van der Waals surface area contributed by atoms with Gasteiger partial charge in [-0.3, -0.25) is 0 Å². The van der Waals surface area contributed by atoms with Crippen LogP contribution in [0.1, 0.15) is 55.2 Å². The van der Waals surface area contributed by atoms with Crippen molar-refractivity contribution in [3.05, 3.63) is 58.4 Å². The van der Waals surface area contributed by atoms with Crippen LogP contribution in [0, 0.1) is 5.82 Å². The molecule has 0 saturated heterocycles. The van der Waals surface area contributed by atoms with Gasteiger partial charge in [0.15, 0.2) is 6.10 Å². The van der Waals surface area contributed by atoms with Gasteiger partial charge < -0.3 is 25.6 Å². The summed E-state index contributed by atoms with van der Waals surface area (Å²) in [6.07, 6.45) is -8.87. The number of rotatable bonds is 4. The third-order valence-electron chi connectivity index (χ3n) is 5.64. The predicted molar refractivity (Wildman–Crippen MR) is 114 cm³/mol. The van der Waals surface area contributed by atoms with Crippen molar-refractivity contribution in [3.63, 3.8) is 0 Å². The molecule has 0 bridgehead atoms. The lowest BCUT2D eigenvalue weighted by atomic mass is 9.84. The van der Waals surface area contributed by atoms with Crippen LogP contribution in [0.25, 0.3) is 0 Å². The Bertz CT molecular complexity index is 1050. The van der Waals surface area contributed by atoms with Gasteiger partial charge in [0.1, 0.15) is 11.6 Å². The summed E-state index contributed by atoms with van der Waals surface area (Å²) in [4.78, 5) is 12.7. The van der Waals surface area contributed by atoms with E-state index >= 15 is 0 Å². The SMILES string of the molecule is COc1c(NC(=O)N[C@@H]2Cc3c(F)cccc3[C@@H]2O)cc(C(C)(C)C)cc1[C@H](O)C(F)(F)F. The number of methoxy groups -OCH3 is 1. The Hall–Kier alpha value is -2.85. The van der Waals surface area contributed by atoms with Crippen molar-refractivity contribution in [1.82, 2.24) is 5.32 Å². The first-order valence-electron chi connectivity index (χ1n) is 10.2. The summed E-state index contributed by atoms with van der Waals surface area (Å²) in [7, 11) is 1.13. The van der Waals surface area contributed by atoms with Gasteiger partial charge in [-0.25, -0.2) is 9.18 Å². The summed E-state index contributed by atoms with van der Waals surface area (Å²) in [5.74, 6) is -0.842. The van der Waals surface area contributed by atoms with E-state index in [1.54, 1.807) is 26.8 Å². The fourth-order valence-electron chi connectivity index (χ4n) is 3.86. The molecular weight excluding hydrogens is 444 g/mol. The number of hydrogen-bond donors (Lipinski definition) is 4. The monoisotopic (exact) mass is 470 g/mol. The molecule has 0 spiro atoms. The Kier molecular flexibility index (Phi) is 6.63. The van der Waals surface area contributed by atoms with E-state index in [1.807, 2.05) is 0 Å². The average molecular weight is 470 g/mol. The Morgan fingerprint density at radius 1 is 1.21 bits per heavy atom. The molecule has 0 unspecified atom stereocenters. The van der Waals surface area contributed by atoms with Gasteiger partial charge in [-0.05, 0) is 46.7 Å². The third-order valence-corrected chi connectivity index (χ3v) is 5.64. The van der Waals surface area contributed by atoms with Crippen LogP contribution in [-0.2, 0) is 11.8 Å². The first-order valence-corrected chi connectivity index (χ1v) is 10.2. The minimum absolute atomic E-state index is 0.0494. The van der Waals surface area contributed by atoms with Crippen LogP contribution in [-0.4, -0.2) is 35.6 Å². The number of fused-ring (bicyclic) bond motifs is 1. The number of carbonyl (C=O) groups excluding carboxylic acids is 1. The van der Waals surface area contributed by atoms with Crippen molar-refractivity contribution < 1.29 is 37.3 Å². The zero-order chi connectivity index (χ0) is 24.7. The minimum Gasteiger partial charge on any atom is -0.494 e. The first-order chi connectivity index (χ1) is 15.2. The lowest BCUT2D eigenvalue weighted by molar-refractivity contribution is -0.207. The van der Waals surface area contributed by atoms with E-state index in [9.17, 15) is 32.6 Å². The number of hydrogen-bond acceptors (Lipinski definition) is 4. The maximum atomic E-state index is 14.0. The van der Waals surface area contributed by atoms with Gasteiger partial charge in [0.05, 0.1) is 24.9 Å². The summed E-state index contributed by atoms with van der Waals surface area (Å²) < 4.78 is 59.0. The van der Waals surface area contributed by atoms with Gasteiger partial charge in [0, 0.05) is 5.56 Å². The van der Waals surface area contributed by atoms with Crippen LogP contribution in [0.15, 0.2) is 30.3 Å². The molecule has 10 heteroatoms. The van der Waals surface area contributed by atoms with E-state index in [2.05, 4.69) is 10.6 Å². The van der Waals surface area contributed by atoms with Crippen LogP contribution in [0.2, 0.25) is 0 Å². The number of benzene rings is 2. The van der Waals surface area contributed by atoms with Gasteiger partial charge in [-0.15, -0.1) is 0 Å². The number of carbonyl (C=O) groups is 1. The van der Waals surface area contributed by atoms with Crippen molar-refractivity contribution >= 4 is 11.7 Å². The van der Waals surface area contributed by atoms with E-state index in [-0.39, 0.29) is 23.4 Å². The highest BCUT2D eigenvalue weighted by atomic mass is 19.4. The molecule has 4 N–H and O–H groups in total. The molecule has 33 heavy (non-hydrogen) atoms. The maximum Gasteiger partial charge on any atom is 0.418 e. The molecular formula is C23H26F4N2O4. The first kappa shape index (κ1) is 24.8. The molecule has 2 aromatic carbocycles. The second-order valence-electron chi connectivity index (χ2n) is 9.00. The Labute approximate surface area is 188 Å². The zero-order valence-corrected chi connectivity index (χ0v) is 18.5. The Morgan fingerprint density at radius 3 is 2.42 bits per heavy atom. The quantitative estimate of drug-likeness (QED) is 0.495. The number of halogens is 4. The van der Waals surface area contributed by atoms with Crippen molar-refractivity contribution in [3.8, 4) is 5.75 Å². The van der Waals surface area contributed by atoms with Crippen molar-refractivity contribution in [1.29, 1.82) is 0 Å². The smallest absolute Gasteiger partial charge is 0.418 e. The predicted octanol–water partition coefficient (Wildman–Crippen LogP) is 4.51. The highest BCUT2D eigenvalue weighted by Gasteiger charge is 2.42. The molecule has 0 aliphatic heterocycles. The summed E-state index contributed by atoms with van der Waals surface area (Å²) in [6.45, 7) is 5.30. The fraction of sp³-hybridized carbons (Fsp3) is 0.435. The number of anilines is 1. The summed E-state index contributed by atoms with van der Waals surface area (Å²) >= 11 is 0. The molecule has 2 aromatic rings. The van der Waals surface area contributed by atoms with Gasteiger partial charge in [0.2, 0.25) is 0 Å². The van der Waals surface area contributed by atoms with Crippen LogP contribution < -0.4 is 15.4 Å². The molecule has 1 aliphatic carbocycles. The molecule has 2 amide bonds. The molecule has 0 saturated carbocycles. The molecule has 0 heterocycles. The van der Waals surface area contributed by atoms with Crippen LogP contribution in [0.3, 0.4) is 0 Å². The van der Waals surface area contributed by atoms with E-state index in [4.69, 9.17) is 4.74 Å². The molecule has 6 nitrogen and oxygen atoms in total. The topological polar surface area (TPSA) is 90.8 Å². The average Bonchev–Trinajstić information content (AvgIpc) is 3.02. The molecule has 3 rings (SSSR count). The zero-order valence-electron chi connectivity index (χ0n) is 18.5. The lowest BCUT2D eigenvalue weighted by Gasteiger charge is -2.26. The normalized spacial score (nSPS) is 19.1. The highest BCUT2D eigenvalue weighted by molar-refractivity contribution is 5.92. The molecule has 0 aromatic heterocycles. The Balaban J connectivity index is 1.91. The van der Waals surface area contributed by atoms with Crippen molar-refractivity contribution in [2.45, 2.75) is 57.0 Å². The largest absolute Gasteiger partial charge is 0.494 e. The van der Waals surface area contributed by atoms with Gasteiger partial charge in [0.25, 0.3) is 0 Å². The number of aliphatic hydroxyl groups excluding tert-OH is 2. The van der Waals surface area contributed by atoms with Gasteiger partial charge >= 0.3 is 12.2 Å². The second kappa shape index (κ2) is 8.83. The molecule has 0 fully saturated rings. The molecule has 180 valence electrons. The number of aliphatic hydroxyl groups is 2. The number of amides is 2. The molecule has 3 atom stereocenters. The second-order valence-corrected chi connectivity index (χ2v) is 9.00. The number of nitrogens with one attached hydrogen (secondary N) is 2. The maximum absolute atomic E-state index is 14.0.